The van der Waals surface area contributed by atoms with Gasteiger partial charge in [0.2, 0.25) is 11.9 Å². The number of aliphatic hydroxyl groups is 2. The molecule has 0 fully saturated rings. The van der Waals surface area contributed by atoms with E-state index in [1.165, 1.54) is 0 Å². The Hall–Kier alpha value is -1.67. The van der Waals surface area contributed by atoms with Gasteiger partial charge in [-0.3, -0.25) is 0 Å². The van der Waals surface area contributed by atoms with Gasteiger partial charge in [0.1, 0.15) is 0 Å². The van der Waals surface area contributed by atoms with Gasteiger partial charge in [-0.25, -0.2) is 0 Å². The Balaban J connectivity index is 2.89. The predicted octanol–water partition coefficient (Wildman–Crippen LogP) is -0.534. The van der Waals surface area contributed by atoms with Crippen LogP contribution < -0.4 is 15.4 Å². The van der Waals surface area contributed by atoms with Gasteiger partial charge in [0.05, 0.1) is 25.4 Å². The second kappa shape index (κ2) is 6.92. The molecule has 0 atom stereocenters. The lowest BCUT2D eigenvalue weighted by Gasteiger charge is -2.15. The Morgan fingerprint density at radius 3 is 2.22 bits per heavy atom. The molecule has 102 valence electrons. The molecule has 1 aromatic rings. The molecule has 18 heavy (non-hydrogen) atoms. The minimum absolute atomic E-state index is 0.0589. The fourth-order valence-electron chi connectivity index (χ4n) is 1.13. The van der Waals surface area contributed by atoms with Gasteiger partial charge >= 0.3 is 6.01 Å². The van der Waals surface area contributed by atoms with Gasteiger partial charge in [0.15, 0.2) is 0 Å². The van der Waals surface area contributed by atoms with Crippen LogP contribution in [0.1, 0.15) is 13.8 Å². The van der Waals surface area contributed by atoms with Crippen LogP contribution in [-0.2, 0) is 0 Å². The van der Waals surface area contributed by atoms with Crippen LogP contribution in [0.3, 0.4) is 0 Å². The third-order valence-electron chi connectivity index (χ3n) is 1.95. The standard InChI is InChI=1S/C10H19N5O3/c1-6(2)18-10-14-8(11-3)13-9(15-10)12-7(4-16)5-17/h6-7,16-17H,4-5H2,1-3H3,(H2,11,12,13,14,15). The van der Waals surface area contributed by atoms with Gasteiger partial charge in [-0.15, -0.1) is 0 Å². The van der Waals surface area contributed by atoms with Crippen molar-refractivity contribution in [3.8, 4) is 6.01 Å². The number of aliphatic hydroxyl groups excluding tert-OH is 2. The summed E-state index contributed by atoms with van der Waals surface area (Å²) >= 11 is 0. The van der Waals surface area contributed by atoms with Crippen molar-refractivity contribution in [3.63, 3.8) is 0 Å². The van der Waals surface area contributed by atoms with E-state index in [4.69, 9.17) is 14.9 Å². The topological polar surface area (TPSA) is 112 Å². The third-order valence-corrected chi connectivity index (χ3v) is 1.95. The Morgan fingerprint density at radius 1 is 1.11 bits per heavy atom. The SMILES string of the molecule is CNc1nc(NC(CO)CO)nc(OC(C)C)n1. The smallest absolute Gasteiger partial charge is 0.323 e. The number of rotatable bonds is 7. The zero-order valence-corrected chi connectivity index (χ0v) is 10.7. The molecule has 1 heterocycles. The molecule has 8 nitrogen and oxygen atoms in total. The monoisotopic (exact) mass is 257 g/mol. The normalized spacial score (nSPS) is 10.8. The number of hydrogen-bond acceptors (Lipinski definition) is 8. The third kappa shape index (κ3) is 4.30. The van der Waals surface area contributed by atoms with Crippen molar-refractivity contribution in [2.45, 2.75) is 26.0 Å². The first kappa shape index (κ1) is 14.4. The maximum Gasteiger partial charge on any atom is 0.323 e. The van der Waals surface area contributed by atoms with Gasteiger partial charge < -0.3 is 25.6 Å². The summed E-state index contributed by atoms with van der Waals surface area (Å²) in [6, 6.07) is -0.342. The van der Waals surface area contributed by atoms with Crippen molar-refractivity contribution in [1.82, 2.24) is 15.0 Å². The van der Waals surface area contributed by atoms with Gasteiger partial charge in [-0.2, -0.15) is 15.0 Å². The molecule has 4 N–H and O–H groups in total. The van der Waals surface area contributed by atoms with E-state index in [-0.39, 0.29) is 31.3 Å². The van der Waals surface area contributed by atoms with Crippen LogP contribution in [-0.4, -0.2) is 57.6 Å². The summed E-state index contributed by atoms with van der Waals surface area (Å²) in [6.45, 7) is 3.27. The van der Waals surface area contributed by atoms with Crippen LogP contribution in [0.4, 0.5) is 11.9 Å². The second-order valence-corrected chi connectivity index (χ2v) is 3.89. The maximum atomic E-state index is 8.99. The average molecular weight is 257 g/mol. The molecular weight excluding hydrogens is 238 g/mol. The van der Waals surface area contributed by atoms with Crippen LogP contribution >= 0.6 is 0 Å². The molecule has 0 saturated carbocycles. The van der Waals surface area contributed by atoms with E-state index in [2.05, 4.69) is 25.6 Å². The first-order chi connectivity index (χ1) is 8.58. The summed E-state index contributed by atoms with van der Waals surface area (Å²) in [4.78, 5) is 12.1. The fourth-order valence-corrected chi connectivity index (χ4v) is 1.13. The number of hydrogen-bond donors (Lipinski definition) is 4. The number of ether oxygens (including phenoxy) is 1. The molecule has 0 spiro atoms. The van der Waals surface area contributed by atoms with Crippen LogP contribution in [0.15, 0.2) is 0 Å². The first-order valence-electron chi connectivity index (χ1n) is 5.67. The highest BCUT2D eigenvalue weighted by atomic mass is 16.5. The lowest BCUT2D eigenvalue weighted by molar-refractivity contribution is 0.202. The van der Waals surface area contributed by atoms with E-state index in [1.807, 2.05) is 13.8 Å². The molecule has 0 aliphatic carbocycles. The average Bonchev–Trinajstić information content (AvgIpc) is 2.34. The van der Waals surface area contributed by atoms with E-state index in [0.717, 1.165) is 0 Å². The molecule has 0 unspecified atom stereocenters. The Labute approximate surface area is 105 Å². The minimum atomic E-state index is -0.524. The van der Waals surface area contributed by atoms with Gasteiger partial charge in [-0.1, -0.05) is 0 Å². The predicted molar refractivity (Wildman–Crippen MR) is 66.7 cm³/mol. The Morgan fingerprint density at radius 2 is 1.72 bits per heavy atom. The summed E-state index contributed by atoms with van der Waals surface area (Å²) in [5.41, 5.74) is 0. The fraction of sp³-hybridized carbons (Fsp3) is 0.700. The van der Waals surface area contributed by atoms with Crippen molar-refractivity contribution in [2.24, 2.45) is 0 Å². The molecule has 0 bridgehead atoms. The maximum absolute atomic E-state index is 8.99. The highest BCUT2D eigenvalue weighted by Crippen LogP contribution is 2.12. The first-order valence-corrected chi connectivity index (χ1v) is 5.67. The summed E-state index contributed by atoms with van der Waals surface area (Å²) in [7, 11) is 1.67. The van der Waals surface area contributed by atoms with E-state index >= 15 is 0 Å². The number of anilines is 2. The molecule has 1 aromatic heterocycles. The lowest BCUT2D eigenvalue weighted by Crippen LogP contribution is -2.29. The highest BCUT2D eigenvalue weighted by Gasteiger charge is 2.12. The van der Waals surface area contributed by atoms with Crippen LogP contribution in [0.5, 0.6) is 6.01 Å². The summed E-state index contributed by atoms with van der Waals surface area (Å²) in [6.07, 6.45) is -0.0589. The minimum Gasteiger partial charge on any atom is -0.461 e. The quantitative estimate of drug-likeness (QED) is 0.515. The van der Waals surface area contributed by atoms with Crippen molar-refractivity contribution < 1.29 is 14.9 Å². The van der Waals surface area contributed by atoms with E-state index in [9.17, 15) is 0 Å². The molecule has 0 radical (unpaired) electrons. The molecule has 0 amide bonds. The van der Waals surface area contributed by atoms with E-state index < -0.39 is 6.04 Å². The number of nitrogens with one attached hydrogen (secondary N) is 2. The zero-order valence-electron chi connectivity index (χ0n) is 10.7. The molecule has 0 aromatic carbocycles. The number of nitrogens with zero attached hydrogens (tertiary/aromatic N) is 3. The van der Waals surface area contributed by atoms with Crippen LogP contribution in [0.25, 0.3) is 0 Å². The summed E-state index contributed by atoms with van der Waals surface area (Å²) in [5.74, 6) is 0.580. The van der Waals surface area contributed by atoms with Gasteiger partial charge in [0.25, 0.3) is 0 Å². The van der Waals surface area contributed by atoms with Crippen molar-refractivity contribution in [3.05, 3.63) is 0 Å². The largest absolute Gasteiger partial charge is 0.461 e. The lowest BCUT2D eigenvalue weighted by atomic mass is 10.3. The van der Waals surface area contributed by atoms with E-state index in [1.54, 1.807) is 7.05 Å². The molecule has 1 rings (SSSR count). The van der Waals surface area contributed by atoms with Crippen molar-refractivity contribution in [1.29, 1.82) is 0 Å². The van der Waals surface area contributed by atoms with E-state index in [0.29, 0.717) is 5.95 Å². The van der Waals surface area contributed by atoms with Gasteiger partial charge in [-0.05, 0) is 13.8 Å². The highest BCUT2D eigenvalue weighted by molar-refractivity contribution is 5.36. The zero-order chi connectivity index (χ0) is 13.5. The Bertz CT molecular complexity index is 371. The molecule has 0 aliphatic heterocycles. The second-order valence-electron chi connectivity index (χ2n) is 3.89. The summed E-state index contributed by atoms with van der Waals surface area (Å²) in [5, 5.41) is 23.5. The van der Waals surface area contributed by atoms with Gasteiger partial charge in [0, 0.05) is 7.05 Å². The van der Waals surface area contributed by atoms with Crippen LogP contribution in [0, 0.1) is 0 Å². The molecule has 0 saturated heterocycles. The van der Waals surface area contributed by atoms with Crippen molar-refractivity contribution in [2.75, 3.05) is 30.9 Å². The molecule has 8 heteroatoms. The van der Waals surface area contributed by atoms with Crippen molar-refractivity contribution >= 4 is 11.9 Å². The van der Waals surface area contributed by atoms with Crippen LogP contribution in [0.2, 0.25) is 0 Å². The summed E-state index contributed by atoms with van der Waals surface area (Å²) < 4.78 is 5.38. The Kier molecular flexibility index (Phi) is 5.53. The number of aromatic nitrogens is 3. The molecular formula is C10H19N5O3. The molecule has 0 aliphatic rings.